The molecule has 0 aliphatic carbocycles. The second kappa shape index (κ2) is 3.61. The molecule has 1 N–H and O–H groups in total. The molecule has 82 valence electrons. The quantitative estimate of drug-likeness (QED) is 0.820. The van der Waals surface area contributed by atoms with Crippen LogP contribution in [0.1, 0.15) is 17.0 Å². The zero-order valence-electron chi connectivity index (χ0n) is 9.00. The van der Waals surface area contributed by atoms with Crippen molar-refractivity contribution in [3.8, 4) is 5.69 Å². The lowest BCUT2D eigenvalue weighted by molar-refractivity contribution is 0.711. The number of aromatic nitrogens is 2. The highest BCUT2D eigenvalue weighted by Gasteiger charge is 2.20. The van der Waals surface area contributed by atoms with Crippen LogP contribution in [0.2, 0.25) is 5.02 Å². The molecule has 0 spiro atoms. The van der Waals surface area contributed by atoms with Crippen molar-refractivity contribution in [1.82, 2.24) is 15.1 Å². The predicted octanol–water partition coefficient (Wildman–Crippen LogP) is 2.44. The minimum Gasteiger partial charge on any atom is -0.307 e. The molecule has 1 aliphatic heterocycles. The van der Waals surface area contributed by atoms with Crippen LogP contribution in [0, 0.1) is 6.92 Å². The van der Waals surface area contributed by atoms with Crippen LogP contribution in [-0.4, -0.2) is 9.78 Å². The smallest absolute Gasteiger partial charge is 0.0835 e. The zero-order chi connectivity index (χ0) is 11.1. The van der Waals surface area contributed by atoms with E-state index in [1.165, 1.54) is 11.3 Å². The van der Waals surface area contributed by atoms with Crippen LogP contribution in [0.5, 0.6) is 0 Å². The number of fused-ring (bicyclic) bond motifs is 1. The van der Waals surface area contributed by atoms with Crippen molar-refractivity contribution in [2.75, 3.05) is 0 Å². The Kier molecular flexibility index (Phi) is 2.23. The number of nitrogens with zero attached hydrogens (tertiary/aromatic N) is 2. The molecule has 0 fully saturated rings. The van der Waals surface area contributed by atoms with E-state index in [4.69, 9.17) is 11.6 Å². The van der Waals surface area contributed by atoms with E-state index in [0.29, 0.717) is 0 Å². The van der Waals surface area contributed by atoms with Gasteiger partial charge in [-0.3, -0.25) is 0 Å². The molecule has 1 aromatic heterocycles. The number of hydrogen-bond donors (Lipinski definition) is 1. The highest BCUT2D eigenvalue weighted by Crippen LogP contribution is 2.25. The van der Waals surface area contributed by atoms with Crippen molar-refractivity contribution in [2.45, 2.75) is 20.0 Å². The first-order valence-electron chi connectivity index (χ1n) is 5.30. The lowest BCUT2D eigenvalue weighted by Gasteiger charge is -2.07. The lowest BCUT2D eigenvalue weighted by atomic mass is 10.2. The standard InChI is InChI=1S/C12H12ClN3/c1-8-9-6-14-7-11(9)15-16(8)12-5-3-2-4-10(12)13/h2-5,14H,6-7H2,1H3. The molecule has 3 nitrogen and oxygen atoms in total. The molecule has 2 aromatic rings. The van der Waals surface area contributed by atoms with Gasteiger partial charge in [0.25, 0.3) is 0 Å². The van der Waals surface area contributed by atoms with Crippen LogP contribution in [-0.2, 0) is 13.1 Å². The fourth-order valence-corrected chi connectivity index (χ4v) is 2.34. The molecule has 0 unspecified atom stereocenters. The van der Waals surface area contributed by atoms with Crippen LogP contribution >= 0.6 is 11.6 Å². The van der Waals surface area contributed by atoms with Crippen molar-refractivity contribution in [2.24, 2.45) is 0 Å². The Morgan fingerprint density at radius 1 is 1.31 bits per heavy atom. The molecule has 0 amide bonds. The third-order valence-electron chi connectivity index (χ3n) is 3.00. The van der Waals surface area contributed by atoms with E-state index in [0.717, 1.165) is 29.5 Å². The van der Waals surface area contributed by atoms with Gasteiger partial charge >= 0.3 is 0 Å². The highest BCUT2D eigenvalue weighted by atomic mass is 35.5. The van der Waals surface area contributed by atoms with Crippen molar-refractivity contribution in [3.63, 3.8) is 0 Å². The second-order valence-corrected chi connectivity index (χ2v) is 4.38. The largest absolute Gasteiger partial charge is 0.307 e. The van der Waals surface area contributed by atoms with Gasteiger partial charge in [-0.05, 0) is 19.1 Å². The molecule has 0 saturated carbocycles. The predicted molar refractivity (Wildman–Crippen MR) is 63.9 cm³/mol. The number of para-hydroxylation sites is 1. The maximum Gasteiger partial charge on any atom is 0.0835 e. The van der Waals surface area contributed by atoms with Gasteiger partial charge in [0.2, 0.25) is 0 Å². The normalized spacial score (nSPS) is 14.1. The molecule has 0 radical (unpaired) electrons. The Labute approximate surface area is 99.0 Å². The average molecular weight is 234 g/mol. The summed E-state index contributed by atoms with van der Waals surface area (Å²) in [6.07, 6.45) is 0. The minimum atomic E-state index is 0.736. The van der Waals surface area contributed by atoms with E-state index in [1.807, 2.05) is 28.9 Å². The second-order valence-electron chi connectivity index (χ2n) is 3.98. The van der Waals surface area contributed by atoms with Crippen LogP contribution < -0.4 is 5.32 Å². The van der Waals surface area contributed by atoms with Crippen molar-refractivity contribution in [3.05, 3.63) is 46.2 Å². The van der Waals surface area contributed by atoms with Gasteiger partial charge in [-0.15, -0.1) is 0 Å². The summed E-state index contributed by atoms with van der Waals surface area (Å²) in [5.74, 6) is 0. The van der Waals surface area contributed by atoms with Gasteiger partial charge in [-0.25, -0.2) is 4.68 Å². The molecule has 2 heterocycles. The van der Waals surface area contributed by atoms with Gasteiger partial charge in [0.1, 0.15) is 0 Å². The van der Waals surface area contributed by atoms with Crippen LogP contribution in [0.3, 0.4) is 0 Å². The fourth-order valence-electron chi connectivity index (χ4n) is 2.13. The Hall–Kier alpha value is -1.32. The van der Waals surface area contributed by atoms with Gasteiger partial charge in [0, 0.05) is 24.3 Å². The highest BCUT2D eigenvalue weighted by molar-refractivity contribution is 6.32. The first kappa shape index (κ1) is 9.87. The number of benzene rings is 1. The van der Waals surface area contributed by atoms with Gasteiger partial charge in [-0.1, -0.05) is 23.7 Å². The summed E-state index contributed by atoms with van der Waals surface area (Å²) < 4.78 is 1.94. The maximum absolute atomic E-state index is 6.18. The molecule has 4 heteroatoms. The van der Waals surface area contributed by atoms with E-state index >= 15 is 0 Å². The van der Waals surface area contributed by atoms with E-state index in [9.17, 15) is 0 Å². The maximum atomic E-state index is 6.18. The molecule has 0 bridgehead atoms. The summed E-state index contributed by atoms with van der Waals surface area (Å²) in [5.41, 5.74) is 4.57. The Balaban J connectivity index is 2.18. The molecular weight excluding hydrogens is 222 g/mol. The topological polar surface area (TPSA) is 29.9 Å². The van der Waals surface area contributed by atoms with E-state index in [1.54, 1.807) is 0 Å². The first-order valence-corrected chi connectivity index (χ1v) is 5.68. The summed E-state index contributed by atoms with van der Waals surface area (Å²) >= 11 is 6.18. The summed E-state index contributed by atoms with van der Waals surface area (Å²) in [4.78, 5) is 0. The van der Waals surface area contributed by atoms with Crippen molar-refractivity contribution >= 4 is 11.6 Å². The summed E-state index contributed by atoms with van der Waals surface area (Å²) in [7, 11) is 0. The molecule has 0 saturated heterocycles. The molecular formula is C12H12ClN3. The van der Waals surface area contributed by atoms with Crippen LogP contribution in [0.25, 0.3) is 5.69 Å². The van der Waals surface area contributed by atoms with Crippen molar-refractivity contribution < 1.29 is 0 Å². The van der Waals surface area contributed by atoms with E-state index in [2.05, 4.69) is 17.3 Å². The average Bonchev–Trinajstić information content (AvgIpc) is 2.83. The van der Waals surface area contributed by atoms with Crippen LogP contribution in [0.4, 0.5) is 0 Å². The third kappa shape index (κ3) is 1.36. The lowest BCUT2D eigenvalue weighted by Crippen LogP contribution is -2.07. The van der Waals surface area contributed by atoms with Crippen LogP contribution in [0.15, 0.2) is 24.3 Å². The SMILES string of the molecule is Cc1c2c(nn1-c1ccccc1Cl)CNC2. The number of rotatable bonds is 1. The number of nitrogens with one attached hydrogen (secondary N) is 1. The first-order chi connectivity index (χ1) is 7.77. The number of hydrogen-bond acceptors (Lipinski definition) is 2. The molecule has 16 heavy (non-hydrogen) atoms. The third-order valence-corrected chi connectivity index (χ3v) is 3.32. The Morgan fingerprint density at radius 3 is 2.88 bits per heavy atom. The zero-order valence-corrected chi connectivity index (χ0v) is 9.75. The van der Waals surface area contributed by atoms with E-state index in [-0.39, 0.29) is 0 Å². The summed E-state index contributed by atoms with van der Waals surface area (Å²) in [6, 6.07) is 7.79. The summed E-state index contributed by atoms with van der Waals surface area (Å²) in [5, 5.41) is 8.62. The minimum absolute atomic E-state index is 0.736. The molecule has 1 aromatic carbocycles. The van der Waals surface area contributed by atoms with Gasteiger partial charge < -0.3 is 5.32 Å². The van der Waals surface area contributed by atoms with E-state index < -0.39 is 0 Å². The van der Waals surface area contributed by atoms with Crippen molar-refractivity contribution in [1.29, 1.82) is 0 Å². The Bertz CT molecular complexity index is 545. The summed E-state index contributed by atoms with van der Waals surface area (Å²) in [6.45, 7) is 3.85. The Morgan fingerprint density at radius 2 is 2.12 bits per heavy atom. The molecule has 1 aliphatic rings. The fraction of sp³-hybridized carbons (Fsp3) is 0.250. The van der Waals surface area contributed by atoms with Gasteiger partial charge in [0.15, 0.2) is 0 Å². The molecule has 0 atom stereocenters. The number of halogens is 1. The van der Waals surface area contributed by atoms with Gasteiger partial charge in [-0.2, -0.15) is 5.10 Å². The van der Waals surface area contributed by atoms with Gasteiger partial charge in [0.05, 0.1) is 16.4 Å². The monoisotopic (exact) mass is 233 g/mol. The molecule has 3 rings (SSSR count).